The Morgan fingerprint density at radius 3 is 2.85 bits per heavy atom. The van der Waals surface area contributed by atoms with Gasteiger partial charge in [0.25, 0.3) is 5.91 Å². The fourth-order valence-electron chi connectivity index (χ4n) is 2.39. The number of benzene rings is 2. The Morgan fingerprint density at radius 2 is 2.08 bits per heavy atom. The number of hydrogen-bond acceptors (Lipinski definition) is 6. The van der Waals surface area contributed by atoms with Gasteiger partial charge in [-0.3, -0.25) is 4.79 Å². The van der Waals surface area contributed by atoms with Crippen LogP contribution in [-0.2, 0) is 4.79 Å². The SMILES string of the molecule is COc1cc(/C=N\NC(=O)COc2ccc(C)c(C)c2)cc2c1OCO2. The highest BCUT2D eigenvalue weighted by atomic mass is 16.7. The lowest BCUT2D eigenvalue weighted by Crippen LogP contribution is -2.24. The monoisotopic (exact) mass is 356 g/mol. The highest BCUT2D eigenvalue weighted by molar-refractivity contribution is 5.84. The number of ether oxygens (including phenoxy) is 4. The zero-order chi connectivity index (χ0) is 18.5. The van der Waals surface area contributed by atoms with Crippen molar-refractivity contribution in [3.8, 4) is 23.0 Å². The summed E-state index contributed by atoms with van der Waals surface area (Å²) >= 11 is 0. The van der Waals surface area contributed by atoms with E-state index in [2.05, 4.69) is 10.5 Å². The Hall–Kier alpha value is -3.22. The number of aryl methyl sites for hydroxylation is 2. The predicted molar refractivity (Wildman–Crippen MR) is 96.3 cm³/mol. The highest BCUT2D eigenvalue weighted by Crippen LogP contribution is 2.41. The zero-order valence-electron chi connectivity index (χ0n) is 14.9. The minimum Gasteiger partial charge on any atom is -0.493 e. The summed E-state index contributed by atoms with van der Waals surface area (Å²) in [4.78, 5) is 11.8. The summed E-state index contributed by atoms with van der Waals surface area (Å²) in [5.74, 6) is 1.98. The number of nitrogens with zero attached hydrogens (tertiary/aromatic N) is 1. The molecule has 2 aromatic carbocycles. The first kappa shape index (κ1) is 17.6. The quantitative estimate of drug-likeness (QED) is 0.636. The fraction of sp³-hybridized carbons (Fsp3) is 0.263. The number of hydrogen-bond donors (Lipinski definition) is 1. The number of amides is 1. The summed E-state index contributed by atoms with van der Waals surface area (Å²) in [6, 6.07) is 9.18. The van der Waals surface area contributed by atoms with Crippen LogP contribution in [0.25, 0.3) is 0 Å². The van der Waals surface area contributed by atoms with Crippen LogP contribution in [0, 0.1) is 13.8 Å². The molecule has 0 unspecified atom stereocenters. The van der Waals surface area contributed by atoms with Crippen molar-refractivity contribution >= 4 is 12.1 Å². The van der Waals surface area contributed by atoms with E-state index in [0.29, 0.717) is 28.6 Å². The number of carbonyl (C=O) groups is 1. The molecule has 0 fully saturated rings. The van der Waals surface area contributed by atoms with Crippen molar-refractivity contribution in [2.24, 2.45) is 5.10 Å². The molecule has 2 aromatic rings. The molecular weight excluding hydrogens is 336 g/mol. The maximum absolute atomic E-state index is 11.8. The topological polar surface area (TPSA) is 78.4 Å². The van der Waals surface area contributed by atoms with Crippen molar-refractivity contribution in [2.75, 3.05) is 20.5 Å². The third kappa shape index (κ3) is 4.05. The van der Waals surface area contributed by atoms with Gasteiger partial charge < -0.3 is 18.9 Å². The lowest BCUT2D eigenvalue weighted by atomic mass is 10.1. The molecule has 1 aliphatic heterocycles. The van der Waals surface area contributed by atoms with E-state index in [0.717, 1.165) is 5.56 Å². The molecule has 0 bridgehead atoms. The van der Waals surface area contributed by atoms with Gasteiger partial charge >= 0.3 is 0 Å². The molecule has 26 heavy (non-hydrogen) atoms. The first-order valence-electron chi connectivity index (χ1n) is 8.06. The molecule has 0 spiro atoms. The van der Waals surface area contributed by atoms with E-state index >= 15 is 0 Å². The number of nitrogens with one attached hydrogen (secondary N) is 1. The van der Waals surface area contributed by atoms with Crippen molar-refractivity contribution in [1.29, 1.82) is 0 Å². The zero-order valence-corrected chi connectivity index (χ0v) is 14.9. The molecule has 1 N–H and O–H groups in total. The highest BCUT2D eigenvalue weighted by Gasteiger charge is 2.19. The molecule has 7 heteroatoms. The van der Waals surface area contributed by atoms with Crippen molar-refractivity contribution < 1.29 is 23.7 Å². The van der Waals surface area contributed by atoms with E-state index in [1.54, 1.807) is 19.2 Å². The van der Waals surface area contributed by atoms with E-state index in [-0.39, 0.29) is 19.3 Å². The second kappa shape index (κ2) is 7.77. The molecule has 3 rings (SSSR count). The Morgan fingerprint density at radius 1 is 1.23 bits per heavy atom. The van der Waals surface area contributed by atoms with Gasteiger partial charge in [0.1, 0.15) is 5.75 Å². The molecule has 1 aliphatic rings. The standard InChI is InChI=1S/C19H20N2O5/c1-12-4-5-15(6-13(12)2)24-10-18(22)21-20-9-14-7-16(23-3)19-17(8-14)25-11-26-19/h4-9H,10-11H2,1-3H3,(H,21,22)/b20-9-. The van der Waals surface area contributed by atoms with Crippen LogP contribution >= 0.6 is 0 Å². The van der Waals surface area contributed by atoms with E-state index in [1.165, 1.54) is 11.8 Å². The molecule has 0 saturated heterocycles. The summed E-state index contributed by atoms with van der Waals surface area (Å²) < 4.78 is 21.4. The van der Waals surface area contributed by atoms with Crippen molar-refractivity contribution in [2.45, 2.75) is 13.8 Å². The van der Waals surface area contributed by atoms with Crippen LogP contribution in [0.3, 0.4) is 0 Å². The van der Waals surface area contributed by atoms with Crippen molar-refractivity contribution in [1.82, 2.24) is 5.43 Å². The van der Waals surface area contributed by atoms with Crippen molar-refractivity contribution in [3.63, 3.8) is 0 Å². The summed E-state index contributed by atoms with van der Waals surface area (Å²) in [5.41, 5.74) is 5.42. The molecule has 136 valence electrons. The molecule has 1 amide bonds. The van der Waals surface area contributed by atoms with Crippen LogP contribution in [0.4, 0.5) is 0 Å². The largest absolute Gasteiger partial charge is 0.493 e. The van der Waals surface area contributed by atoms with Crippen LogP contribution in [-0.4, -0.2) is 32.6 Å². The smallest absolute Gasteiger partial charge is 0.277 e. The van der Waals surface area contributed by atoms with Crippen LogP contribution in [0.1, 0.15) is 16.7 Å². The van der Waals surface area contributed by atoms with Crippen LogP contribution < -0.4 is 24.4 Å². The third-order valence-corrected chi connectivity index (χ3v) is 3.93. The summed E-state index contributed by atoms with van der Waals surface area (Å²) in [6.45, 7) is 4.04. The molecule has 0 aliphatic carbocycles. The third-order valence-electron chi connectivity index (χ3n) is 3.93. The lowest BCUT2D eigenvalue weighted by molar-refractivity contribution is -0.123. The molecule has 0 aromatic heterocycles. The number of fused-ring (bicyclic) bond motifs is 1. The van der Waals surface area contributed by atoms with E-state index < -0.39 is 0 Å². The van der Waals surface area contributed by atoms with Gasteiger partial charge in [0, 0.05) is 5.56 Å². The molecule has 0 saturated carbocycles. The fourth-order valence-corrected chi connectivity index (χ4v) is 2.39. The molecule has 0 atom stereocenters. The van der Waals surface area contributed by atoms with Crippen LogP contribution in [0.2, 0.25) is 0 Å². The summed E-state index contributed by atoms with van der Waals surface area (Å²) in [5, 5.41) is 3.93. The lowest BCUT2D eigenvalue weighted by Gasteiger charge is -2.07. The maximum Gasteiger partial charge on any atom is 0.277 e. The van der Waals surface area contributed by atoms with E-state index in [9.17, 15) is 4.79 Å². The van der Waals surface area contributed by atoms with Crippen molar-refractivity contribution in [3.05, 3.63) is 47.0 Å². The maximum atomic E-state index is 11.8. The Labute approximate surface area is 151 Å². The van der Waals surface area contributed by atoms with Gasteiger partial charge in [-0.25, -0.2) is 5.43 Å². The second-order valence-corrected chi connectivity index (χ2v) is 5.78. The van der Waals surface area contributed by atoms with Gasteiger partial charge in [-0.15, -0.1) is 0 Å². The van der Waals surface area contributed by atoms with Gasteiger partial charge in [-0.1, -0.05) is 6.07 Å². The Kier molecular flexibility index (Phi) is 5.26. The Balaban J connectivity index is 1.55. The minimum atomic E-state index is -0.354. The predicted octanol–water partition coefficient (Wildman–Crippen LogP) is 2.57. The second-order valence-electron chi connectivity index (χ2n) is 5.78. The number of methoxy groups -OCH3 is 1. The minimum absolute atomic E-state index is 0.121. The number of hydrazone groups is 1. The van der Waals surface area contributed by atoms with Gasteiger partial charge in [0.2, 0.25) is 12.5 Å². The van der Waals surface area contributed by atoms with E-state index in [4.69, 9.17) is 18.9 Å². The number of rotatable bonds is 6. The first-order chi connectivity index (χ1) is 12.6. The first-order valence-corrected chi connectivity index (χ1v) is 8.06. The summed E-state index contributed by atoms with van der Waals surface area (Å²) in [7, 11) is 1.55. The van der Waals surface area contributed by atoms with Gasteiger partial charge in [0.05, 0.1) is 13.3 Å². The normalized spacial score (nSPS) is 12.3. The molecule has 0 radical (unpaired) electrons. The van der Waals surface area contributed by atoms with E-state index in [1.807, 2.05) is 32.0 Å². The van der Waals surface area contributed by atoms with Gasteiger partial charge in [0.15, 0.2) is 18.1 Å². The molecule has 1 heterocycles. The summed E-state index contributed by atoms with van der Waals surface area (Å²) in [6.07, 6.45) is 1.50. The van der Waals surface area contributed by atoms with Gasteiger partial charge in [-0.2, -0.15) is 5.10 Å². The average Bonchev–Trinajstić information content (AvgIpc) is 3.10. The van der Waals surface area contributed by atoms with Crippen LogP contribution in [0.5, 0.6) is 23.0 Å². The molecule has 7 nitrogen and oxygen atoms in total. The van der Waals surface area contributed by atoms with Gasteiger partial charge in [-0.05, 0) is 49.2 Å². The molecular formula is C19H20N2O5. The van der Waals surface area contributed by atoms with Crippen LogP contribution in [0.15, 0.2) is 35.4 Å². The average molecular weight is 356 g/mol. The number of carbonyl (C=O) groups excluding carboxylic acids is 1. The Bertz CT molecular complexity index is 848.